The molecule has 0 aliphatic carbocycles. The van der Waals surface area contributed by atoms with Crippen molar-refractivity contribution in [2.75, 3.05) is 0 Å². The van der Waals surface area contributed by atoms with Crippen LogP contribution in [0.25, 0.3) is 11.2 Å². The molecule has 3 aromatic rings. The van der Waals surface area contributed by atoms with Gasteiger partial charge in [0.25, 0.3) is 5.56 Å². The molecule has 0 fully saturated rings. The lowest BCUT2D eigenvalue weighted by Gasteiger charge is -2.15. The first kappa shape index (κ1) is 15.7. The Bertz CT molecular complexity index is 1030. The van der Waals surface area contributed by atoms with Gasteiger partial charge < -0.3 is 9.67 Å². The van der Waals surface area contributed by atoms with Gasteiger partial charge in [-0.25, -0.2) is 14.6 Å². The molecule has 0 radical (unpaired) electrons. The molecule has 0 aliphatic rings. The maximum absolute atomic E-state index is 12.4. The molecular formula is C15H15N5O4. The molecule has 9 heteroatoms. The second-order valence-corrected chi connectivity index (χ2v) is 5.45. The van der Waals surface area contributed by atoms with Crippen LogP contribution in [0.5, 0.6) is 0 Å². The standard InChI is InChI=1S/C15H15N5O4/c1-18-12-11(13(21)19(2)15(18)24)20(8-17-12)10(14(22)23)6-9-4-3-5-16-7-9/h3-5,7-8,10H,6H2,1-2H3,(H,22,23). The molecule has 0 saturated heterocycles. The molecule has 3 aromatic heterocycles. The van der Waals surface area contributed by atoms with E-state index in [9.17, 15) is 19.5 Å². The zero-order valence-corrected chi connectivity index (χ0v) is 13.1. The summed E-state index contributed by atoms with van der Waals surface area (Å²) in [5, 5.41) is 9.60. The summed E-state index contributed by atoms with van der Waals surface area (Å²) in [5.74, 6) is -1.10. The summed E-state index contributed by atoms with van der Waals surface area (Å²) in [6.45, 7) is 0. The van der Waals surface area contributed by atoms with E-state index in [1.165, 1.54) is 29.6 Å². The summed E-state index contributed by atoms with van der Waals surface area (Å²) in [5.41, 5.74) is -0.148. The summed E-state index contributed by atoms with van der Waals surface area (Å²) in [6, 6.07) is 2.43. The van der Waals surface area contributed by atoms with Gasteiger partial charge in [0.2, 0.25) is 0 Å². The van der Waals surface area contributed by atoms with Crippen LogP contribution in [0.1, 0.15) is 11.6 Å². The molecule has 124 valence electrons. The molecule has 9 nitrogen and oxygen atoms in total. The summed E-state index contributed by atoms with van der Waals surface area (Å²) in [7, 11) is 2.83. The van der Waals surface area contributed by atoms with Crippen molar-refractivity contribution in [3.8, 4) is 0 Å². The predicted octanol–water partition coefficient (Wildman–Crippen LogP) is -0.303. The van der Waals surface area contributed by atoms with E-state index in [-0.39, 0.29) is 17.6 Å². The van der Waals surface area contributed by atoms with E-state index in [1.807, 2.05) is 0 Å². The highest BCUT2D eigenvalue weighted by Gasteiger charge is 2.25. The number of carbonyl (C=O) groups is 1. The van der Waals surface area contributed by atoms with Gasteiger partial charge in [-0.1, -0.05) is 6.07 Å². The maximum atomic E-state index is 12.4. The van der Waals surface area contributed by atoms with Crippen LogP contribution in [-0.2, 0) is 25.3 Å². The number of nitrogens with zero attached hydrogens (tertiary/aromatic N) is 5. The molecule has 1 N–H and O–H groups in total. The molecule has 24 heavy (non-hydrogen) atoms. The third-order valence-corrected chi connectivity index (χ3v) is 3.95. The minimum atomic E-state index is -1.10. The minimum Gasteiger partial charge on any atom is -0.480 e. The van der Waals surface area contributed by atoms with Crippen LogP contribution in [0.15, 0.2) is 40.4 Å². The second-order valence-electron chi connectivity index (χ2n) is 5.45. The number of hydrogen-bond donors (Lipinski definition) is 1. The van der Waals surface area contributed by atoms with Gasteiger partial charge in [-0.3, -0.25) is 18.9 Å². The Hall–Kier alpha value is -3.23. The normalized spacial score (nSPS) is 12.4. The van der Waals surface area contributed by atoms with E-state index < -0.39 is 23.3 Å². The van der Waals surface area contributed by atoms with Crippen molar-refractivity contribution in [1.29, 1.82) is 0 Å². The zero-order valence-electron chi connectivity index (χ0n) is 13.1. The Morgan fingerprint density at radius 3 is 2.67 bits per heavy atom. The number of imidazole rings is 1. The van der Waals surface area contributed by atoms with E-state index in [4.69, 9.17) is 0 Å². The predicted molar refractivity (Wildman–Crippen MR) is 84.8 cm³/mol. The number of fused-ring (bicyclic) bond motifs is 1. The van der Waals surface area contributed by atoms with Crippen molar-refractivity contribution >= 4 is 17.1 Å². The number of aliphatic carboxylic acids is 1. The van der Waals surface area contributed by atoms with Gasteiger partial charge in [0.1, 0.15) is 6.04 Å². The lowest BCUT2D eigenvalue weighted by atomic mass is 10.1. The highest BCUT2D eigenvalue weighted by Crippen LogP contribution is 2.18. The molecule has 1 unspecified atom stereocenters. The Kier molecular flexibility index (Phi) is 3.76. The van der Waals surface area contributed by atoms with Gasteiger partial charge in [-0.15, -0.1) is 0 Å². The van der Waals surface area contributed by atoms with E-state index in [1.54, 1.807) is 24.5 Å². The number of rotatable bonds is 4. The Labute approximate surface area is 135 Å². The van der Waals surface area contributed by atoms with Crippen molar-refractivity contribution in [3.63, 3.8) is 0 Å². The van der Waals surface area contributed by atoms with Crippen LogP contribution in [0.2, 0.25) is 0 Å². The second kappa shape index (κ2) is 5.76. The van der Waals surface area contributed by atoms with Crippen LogP contribution in [0, 0.1) is 0 Å². The average molecular weight is 329 g/mol. The van der Waals surface area contributed by atoms with Crippen LogP contribution in [0.3, 0.4) is 0 Å². The number of hydrogen-bond acceptors (Lipinski definition) is 5. The first-order chi connectivity index (χ1) is 11.4. The highest BCUT2D eigenvalue weighted by atomic mass is 16.4. The number of aromatic nitrogens is 5. The van der Waals surface area contributed by atoms with Gasteiger partial charge in [0.15, 0.2) is 11.2 Å². The molecular weight excluding hydrogens is 314 g/mol. The Balaban J connectivity index is 2.21. The summed E-state index contributed by atoms with van der Waals surface area (Å²) in [6.07, 6.45) is 4.58. The monoisotopic (exact) mass is 329 g/mol. The first-order valence-corrected chi connectivity index (χ1v) is 7.16. The molecule has 1 atom stereocenters. The number of pyridine rings is 1. The van der Waals surface area contributed by atoms with E-state index in [0.717, 1.165) is 4.57 Å². The molecule has 0 saturated carbocycles. The van der Waals surface area contributed by atoms with Gasteiger partial charge in [-0.05, 0) is 11.6 Å². The number of carboxylic acids is 1. The van der Waals surface area contributed by atoms with E-state index in [0.29, 0.717) is 5.56 Å². The summed E-state index contributed by atoms with van der Waals surface area (Å²) >= 11 is 0. The minimum absolute atomic E-state index is 0.0795. The summed E-state index contributed by atoms with van der Waals surface area (Å²) in [4.78, 5) is 44.2. The molecule has 3 rings (SSSR count). The lowest BCUT2D eigenvalue weighted by Crippen LogP contribution is -2.38. The largest absolute Gasteiger partial charge is 0.480 e. The fourth-order valence-corrected chi connectivity index (χ4v) is 2.65. The summed E-state index contributed by atoms with van der Waals surface area (Å²) < 4.78 is 3.45. The Morgan fingerprint density at radius 2 is 2.04 bits per heavy atom. The van der Waals surface area contributed by atoms with Crippen LogP contribution >= 0.6 is 0 Å². The number of carboxylic acid groups (broad SMARTS) is 1. The van der Waals surface area contributed by atoms with E-state index in [2.05, 4.69) is 9.97 Å². The smallest absolute Gasteiger partial charge is 0.332 e. The zero-order chi connectivity index (χ0) is 17.4. The van der Waals surface area contributed by atoms with Crippen molar-refractivity contribution in [3.05, 3.63) is 57.3 Å². The number of aryl methyl sites for hydroxylation is 1. The van der Waals surface area contributed by atoms with Gasteiger partial charge in [-0.2, -0.15) is 0 Å². The van der Waals surface area contributed by atoms with Gasteiger partial charge in [0, 0.05) is 32.9 Å². The van der Waals surface area contributed by atoms with Gasteiger partial charge in [0.05, 0.1) is 6.33 Å². The molecule has 0 aromatic carbocycles. The van der Waals surface area contributed by atoms with Gasteiger partial charge >= 0.3 is 11.7 Å². The molecule has 3 heterocycles. The lowest BCUT2D eigenvalue weighted by molar-refractivity contribution is -0.140. The van der Waals surface area contributed by atoms with E-state index >= 15 is 0 Å². The molecule has 0 bridgehead atoms. The van der Waals surface area contributed by atoms with Crippen LogP contribution in [-0.4, -0.2) is 34.7 Å². The fraction of sp³-hybridized carbons (Fsp3) is 0.267. The molecule has 0 aliphatic heterocycles. The van der Waals surface area contributed by atoms with Crippen LogP contribution < -0.4 is 11.2 Å². The van der Waals surface area contributed by atoms with Crippen molar-refractivity contribution in [2.45, 2.75) is 12.5 Å². The third kappa shape index (κ3) is 2.39. The SMILES string of the molecule is Cn1c(=O)c2c(ncn2C(Cc2cccnc2)C(=O)O)n(C)c1=O. The quantitative estimate of drug-likeness (QED) is 0.703. The third-order valence-electron chi connectivity index (χ3n) is 3.95. The van der Waals surface area contributed by atoms with Crippen molar-refractivity contribution < 1.29 is 9.90 Å². The molecule has 0 spiro atoms. The topological polar surface area (TPSA) is 112 Å². The van der Waals surface area contributed by atoms with Crippen molar-refractivity contribution in [2.24, 2.45) is 14.1 Å². The maximum Gasteiger partial charge on any atom is 0.332 e. The average Bonchev–Trinajstić information content (AvgIpc) is 3.01. The fourth-order valence-electron chi connectivity index (χ4n) is 2.65. The highest BCUT2D eigenvalue weighted by molar-refractivity contribution is 5.77. The Morgan fingerprint density at radius 1 is 1.29 bits per heavy atom. The first-order valence-electron chi connectivity index (χ1n) is 7.16. The molecule has 0 amide bonds. The van der Waals surface area contributed by atoms with Crippen LogP contribution in [0.4, 0.5) is 0 Å². The van der Waals surface area contributed by atoms with Crippen molar-refractivity contribution in [1.82, 2.24) is 23.7 Å².